The van der Waals surface area contributed by atoms with Gasteiger partial charge in [0, 0.05) is 18.9 Å². The standard InChI is InChI=1S/C30H44O5/c1-28-12-9-23(33-20-31-3)17-22(28)18-26(32-19-21-7-5-4-6-8-21)27-24(28)10-13-29(2)25(27)11-14-30(29)34-15-16-35-30/h4-8,22-27H,9-20H2,1-3H3/t22-,23+,24+,25+,26+,27-,28+,29+/m1/s1. The number of fused-ring (bicyclic) bond motifs is 6. The average Bonchev–Trinajstić information content (AvgIpc) is 3.47. The molecule has 0 aromatic heterocycles. The highest BCUT2D eigenvalue weighted by molar-refractivity contribution is 5.16. The van der Waals surface area contributed by atoms with Crippen molar-refractivity contribution in [2.45, 2.75) is 89.8 Å². The van der Waals surface area contributed by atoms with Crippen molar-refractivity contribution in [2.75, 3.05) is 27.1 Å². The maximum atomic E-state index is 6.91. The van der Waals surface area contributed by atoms with Gasteiger partial charge in [0.05, 0.1) is 32.0 Å². The van der Waals surface area contributed by atoms with Crippen LogP contribution in [0.4, 0.5) is 0 Å². The number of methoxy groups -OCH3 is 1. The zero-order chi connectivity index (χ0) is 24.1. The number of hydrogen-bond acceptors (Lipinski definition) is 5. The first-order chi connectivity index (χ1) is 17.0. The molecule has 5 aliphatic rings. The summed E-state index contributed by atoms with van der Waals surface area (Å²) in [6.07, 6.45) is 9.95. The van der Waals surface area contributed by atoms with E-state index in [2.05, 4.69) is 44.2 Å². The summed E-state index contributed by atoms with van der Waals surface area (Å²) in [5, 5.41) is 0. The Hall–Kier alpha value is -0.980. The molecule has 0 bridgehead atoms. The van der Waals surface area contributed by atoms with Crippen molar-refractivity contribution in [1.29, 1.82) is 0 Å². The maximum Gasteiger partial charge on any atom is 0.174 e. The van der Waals surface area contributed by atoms with Gasteiger partial charge in [0.1, 0.15) is 6.79 Å². The van der Waals surface area contributed by atoms with Crippen LogP contribution < -0.4 is 0 Å². The summed E-state index contributed by atoms with van der Waals surface area (Å²) in [5.41, 5.74) is 1.71. The van der Waals surface area contributed by atoms with Gasteiger partial charge in [0.15, 0.2) is 5.79 Å². The Bertz CT molecular complexity index is 869. The van der Waals surface area contributed by atoms with Crippen molar-refractivity contribution in [3.05, 3.63) is 35.9 Å². The number of ether oxygens (including phenoxy) is 5. The molecule has 1 spiro atoms. The van der Waals surface area contributed by atoms with E-state index in [0.717, 1.165) is 38.9 Å². The Morgan fingerprint density at radius 1 is 0.886 bits per heavy atom. The number of hydrogen-bond donors (Lipinski definition) is 0. The monoisotopic (exact) mass is 484 g/mol. The largest absolute Gasteiger partial charge is 0.373 e. The Morgan fingerprint density at radius 3 is 2.43 bits per heavy atom. The van der Waals surface area contributed by atoms with Crippen LogP contribution in [0.25, 0.3) is 0 Å². The minimum Gasteiger partial charge on any atom is -0.373 e. The molecule has 5 nitrogen and oxygen atoms in total. The van der Waals surface area contributed by atoms with Gasteiger partial charge in [-0.2, -0.15) is 0 Å². The summed E-state index contributed by atoms with van der Waals surface area (Å²) in [6, 6.07) is 10.7. The zero-order valence-corrected chi connectivity index (χ0v) is 21.9. The predicted octanol–water partition coefficient (Wildman–Crippen LogP) is 5.96. The van der Waals surface area contributed by atoms with Crippen molar-refractivity contribution in [3.63, 3.8) is 0 Å². The molecule has 1 aromatic rings. The molecule has 1 heterocycles. The third-order valence-corrected chi connectivity index (χ3v) is 11.1. The SMILES string of the molecule is COCO[C@H]1CC[C@@]2(C)[C@H](C1)C[C@H](OCc1ccccc1)[C@@H]1[C@@H]2CC[C@@]2(C)[C@H]1CCC21OCCO1. The molecule has 4 aliphatic carbocycles. The summed E-state index contributed by atoms with van der Waals surface area (Å²) >= 11 is 0. The third-order valence-electron chi connectivity index (χ3n) is 11.1. The van der Waals surface area contributed by atoms with Crippen molar-refractivity contribution < 1.29 is 23.7 Å². The quantitative estimate of drug-likeness (QED) is 0.467. The van der Waals surface area contributed by atoms with E-state index in [1.54, 1.807) is 7.11 Å². The van der Waals surface area contributed by atoms with Gasteiger partial charge in [0.25, 0.3) is 0 Å². The molecule has 4 saturated carbocycles. The highest BCUT2D eigenvalue weighted by atomic mass is 16.7. The van der Waals surface area contributed by atoms with Crippen LogP contribution in [0.15, 0.2) is 30.3 Å². The summed E-state index contributed by atoms with van der Waals surface area (Å²) in [7, 11) is 1.72. The summed E-state index contributed by atoms with van der Waals surface area (Å²) < 4.78 is 31.0. The van der Waals surface area contributed by atoms with Crippen LogP contribution in [-0.4, -0.2) is 45.1 Å². The highest BCUT2D eigenvalue weighted by Gasteiger charge is 2.69. The highest BCUT2D eigenvalue weighted by Crippen LogP contribution is 2.70. The van der Waals surface area contributed by atoms with Crippen LogP contribution in [-0.2, 0) is 30.3 Å². The topological polar surface area (TPSA) is 46.2 Å². The van der Waals surface area contributed by atoms with E-state index in [1.807, 2.05) is 0 Å². The van der Waals surface area contributed by atoms with Gasteiger partial charge in [-0.05, 0) is 79.6 Å². The lowest BCUT2D eigenvalue weighted by Crippen LogP contribution is -2.61. The fraction of sp³-hybridized carbons (Fsp3) is 0.800. The molecule has 1 aromatic carbocycles. The second-order valence-corrected chi connectivity index (χ2v) is 12.5. The molecule has 0 radical (unpaired) electrons. The first-order valence-corrected chi connectivity index (χ1v) is 14.0. The third kappa shape index (κ3) is 3.92. The lowest BCUT2D eigenvalue weighted by atomic mass is 9.44. The minimum atomic E-state index is -0.365. The molecule has 1 saturated heterocycles. The smallest absolute Gasteiger partial charge is 0.174 e. The molecule has 5 heteroatoms. The molecular weight excluding hydrogens is 440 g/mol. The molecule has 5 fully saturated rings. The van der Waals surface area contributed by atoms with E-state index >= 15 is 0 Å². The number of rotatable bonds is 6. The van der Waals surface area contributed by atoms with Crippen molar-refractivity contribution in [2.24, 2.45) is 34.5 Å². The second kappa shape index (κ2) is 9.40. The first-order valence-electron chi connectivity index (χ1n) is 14.0. The molecule has 0 amide bonds. The van der Waals surface area contributed by atoms with E-state index in [-0.39, 0.29) is 17.3 Å². The number of benzene rings is 1. The molecule has 35 heavy (non-hydrogen) atoms. The Morgan fingerprint density at radius 2 is 1.66 bits per heavy atom. The van der Waals surface area contributed by atoms with Gasteiger partial charge in [-0.25, -0.2) is 0 Å². The van der Waals surface area contributed by atoms with Crippen LogP contribution in [0.5, 0.6) is 0 Å². The summed E-state index contributed by atoms with van der Waals surface area (Å²) in [4.78, 5) is 0. The fourth-order valence-corrected chi connectivity index (χ4v) is 9.31. The van der Waals surface area contributed by atoms with Crippen LogP contribution in [0.1, 0.15) is 70.8 Å². The van der Waals surface area contributed by atoms with Crippen LogP contribution >= 0.6 is 0 Å². The first kappa shape index (κ1) is 24.4. The van der Waals surface area contributed by atoms with Crippen molar-refractivity contribution in [3.8, 4) is 0 Å². The average molecular weight is 485 g/mol. The lowest BCUT2D eigenvalue weighted by molar-refractivity contribution is -0.261. The predicted molar refractivity (Wildman–Crippen MR) is 134 cm³/mol. The Balaban J connectivity index is 1.29. The molecule has 8 atom stereocenters. The van der Waals surface area contributed by atoms with E-state index < -0.39 is 0 Å². The van der Waals surface area contributed by atoms with Gasteiger partial charge in [0.2, 0.25) is 0 Å². The maximum absolute atomic E-state index is 6.91. The fourth-order valence-electron chi connectivity index (χ4n) is 9.31. The van der Waals surface area contributed by atoms with Crippen LogP contribution in [0.3, 0.4) is 0 Å². The Kier molecular flexibility index (Phi) is 6.54. The zero-order valence-electron chi connectivity index (χ0n) is 21.9. The van der Waals surface area contributed by atoms with Crippen LogP contribution in [0, 0.1) is 34.5 Å². The van der Waals surface area contributed by atoms with Gasteiger partial charge >= 0.3 is 0 Å². The molecule has 0 N–H and O–H groups in total. The van der Waals surface area contributed by atoms with E-state index in [9.17, 15) is 0 Å². The van der Waals surface area contributed by atoms with Gasteiger partial charge in [-0.15, -0.1) is 0 Å². The van der Waals surface area contributed by atoms with E-state index in [4.69, 9.17) is 23.7 Å². The van der Waals surface area contributed by atoms with Gasteiger partial charge < -0.3 is 23.7 Å². The Labute approximate surface area is 211 Å². The molecule has 194 valence electrons. The summed E-state index contributed by atoms with van der Waals surface area (Å²) in [5.74, 6) is 2.14. The minimum absolute atomic E-state index is 0.0843. The van der Waals surface area contributed by atoms with E-state index in [1.165, 1.54) is 31.2 Å². The normalized spacial score (nSPS) is 44.1. The van der Waals surface area contributed by atoms with Gasteiger partial charge in [-0.3, -0.25) is 0 Å². The second-order valence-electron chi connectivity index (χ2n) is 12.5. The molecule has 1 aliphatic heterocycles. The molecule has 0 unspecified atom stereocenters. The van der Waals surface area contributed by atoms with Crippen LogP contribution in [0.2, 0.25) is 0 Å². The van der Waals surface area contributed by atoms with E-state index in [0.29, 0.717) is 48.6 Å². The van der Waals surface area contributed by atoms with Crippen molar-refractivity contribution in [1.82, 2.24) is 0 Å². The summed E-state index contributed by atoms with van der Waals surface area (Å²) in [6.45, 7) is 7.66. The van der Waals surface area contributed by atoms with Gasteiger partial charge in [-0.1, -0.05) is 44.2 Å². The molecular formula is C30H44O5. The molecule has 6 rings (SSSR count). The lowest BCUT2D eigenvalue weighted by Gasteiger charge is -2.63. The van der Waals surface area contributed by atoms with Crippen molar-refractivity contribution >= 4 is 0 Å².